The minimum absolute atomic E-state index is 0.197. The molecular formula is C30H28F3NO3S. The maximum Gasteiger partial charge on any atom is 0.416 e. The standard InChI is InChI=1S/C30H28F3NO3S/c31-30(32,33)24-14-18-26(19-15-24)38-25-16-12-22(13-17-25)28(35)27(20-11-21-7-3-1-4-8-21)34-37-29(36)23-9-5-2-6-10-23/h2,5-6,9-10,12-19,21H,1,3-4,7-8,11,20H2. The van der Waals surface area contributed by atoms with Crippen LogP contribution < -0.4 is 0 Å². The Morgan fingerprint density at radius 2 is 1.42 bits per heavy atom. The van der Waals surface area contributed by atoms with Gasteiger partial charge in [-0.25, -0.2) is 4.79 Å². The first kappa shape index (κ1) is 27.6. The molecule has 0 heterocycles. The lowest BCUT2D eigenvalue weighted by molar-refractivity contribution is -0.137. The number of Topliss-reactive ketones (excluding diaryl/α,β-unsaturated/α-hetero) is 1. The van der Waals surface area contributed by atoms with Gasteiger partial charge in [-0.1, -0.05) is 67.2 Å². The topological polar surface area (TPSA) is 55.7 Å². The maximum atomic E-state index is 13.3. The number of alkyl halides is 3. The third-order valence-electron chi connectivity index (χ3n) is 6.56. The number of nitrogens with zero attached hydrogens (tertiary/aromatic N) is 1. The van der Waals surface area contributed by atoms with Gasteiger partial charge in [0.1, 0.15) is 5.71 Å². The largest absolute Gasteiger partial charge is 0.416 e. The van der Waals surface area contributed by atoms with Crippen molar-refractivity contribution >= 4 is 29.2 Å². The van der Waals surface area contributed by atoms with Crippen LogP contribution in [0.4, 0.5) is 13.2 Å². The lowest BCUT2D eigenvalue weighted by Crippen LogP contribution is -2.18. The zero-order chi connectivity index (χ0) is 27.0. The van der Waals surface area contributed by atoms with Gasteiger partial charge in [-0.15, -0.1) is 0 Å². The van der Waals surface area contributed by atoms with E-state index in [1.165, 1.54) is 43.2 Å². The maximum absolute atomic E-state index is 13.3. The minimum atomic E-state index is -4.38. The summed E-state index contributed by atoms with van der Waals surface area (Å²) in [5, 5.41) is 4.00. The average Bonchev–Trinajstić information content (AvgIpc) is 2.94. The number of benzene rings is 3. The zero-order valence-corrected chi connectivity index (χ0v) is 21.6. The normalized spacial score (nSPS) is 14.8. The van der Waals surface area contributed by atoms with Crippen molar-refractivity contribution in [2.45, 2.75) is 60.9 Å². The van der Waals surface area contributed by atoms with E-state index in [0.29, 0.717) is 28.4 Å². The highest BCUT2D eigenvalue weighted by atomic mass is 32.2. The molecule has 1 fully saturated rings. The van der Waals surface area contributed by atoms with Crippen LogP contribution in [0.2, 0.25) is 0 Å². The fourth-order valence-electron chi connectivity index (χ4n) is 4.43. The average molecular weight is 540 g/mol. The van der Waals surface area contributed by atoms with Gasteiger partial charge in [-0.3, -0.25) is 4.79 Å². The fraction of sp³-hybridized carbons (Fsp3) is 0.300. The van der Waals surface area contributed by atoms with E-state index < -0.39 is 17.7 Å². The van der Waals surface area contributed by atoms with Gasteiger partial charge in [0.05, 0.1) is 11.1 Å². The van der Waals surface area contributed by atoms with Crippen molar-refractivity contribution in [2.75, 3.05) is 0 Å². The predicted molar refractivity (Wildman–Crippen MR) is 141 cm³/mol. The van der Waals surface area contributed by atoms with E-state index in [-0.39, 0.29) is 11.5 Å². The van der Waals surface area contributed by atoms with Crippen molar-refractivity contribution in [1.82, 2.24) is 0 Å². The van der Waals surface area contributed by atoms with Crippen molar-refractivity contribution in [3.05, 3.63) is 95.6 Å². The molecule has 0 amide bonds. The molecule has 3 aromatic carbocycles. The van der Waals surface area contributed by atoms with Gasteiger partial charge < -0.3 is 4.84 Å². The SMILES string of the molecule is O=C(ON=C(CCC1CCCCC1)C(=O)c1ccc(Sc2ccc(C(F)(F)F)cc2)cc1)c1ccccc1. The van der Waals surface area contributed by atoms with Gasteiger partial charge in [0.25, 0.3) is 0 Å². The zero-order valence-electron chi connectivity index (χ0n) is 20.7. The van der Waals surface area contributed by atoms with Crippen LogP contribution >= 0.6 is 11.8 Å². The van der Waals surface area contributed by atoms with Gasteiger partial charge in [-0.05, 0) is 79.4 Å². The van der Waals surface area contributed by atoms with E-state index in [2.05, 4.69) is 5.16 Å². The Kier molecular flexibility index (Phi) is 9.39. The molecule has 1 aliphatic rings. The Morgan fingerprint density at radius 3 is 2.03 bits per heavy atom. The summed E-state index contributed by atoms with van der Waals surface area (Å²) in [4.78, 5) is 32.3. The number of rotatable bonds is 9. The predicted octanol–water partition coefficient (Wildman–Crippen LogP) is 8.61. The van der Waals surface area contributed by atoms with Gasteiger partial charge in [0.15, 0.2) is 0 Å². The summed E-state index contributed by atoms with van der Waals surface area (Å²) in [5.41, 5.74) is 0.249. The van der Waals surface area contributed by atoms with E-state index in [9.17, 15) is 22.8 Å². The first-order valence-electron chi connectivity index (χ1n) is 12.6. The number of carbonyl (C=O) groups excluding carboxylic acids is 2. The first-order chi connectivity index (χ1) is 18.3. The molecule has 0 N–H and O–H groups in total. The molecule has 8 heteroatoms. The number of halogens is 3. The molecule has 0 saturated heterocycles. The second kappa shape index (κ2) is 12.9. The summed E-state index contributed by atoms with van der Waals surface area (Å²) >= 11 is 1.30. The van der Waals surface area contributed by atoms with Crippen LogP contribution in [-0.4, -0.2) is 17.5 Å². The monoisotopic (exact) mass is 539 g/mol. The smallest absolute Gasteiger partial charge is 0.312 e. The number of oxime groups is 1. The van der Waals surface area contributed by atoms with Crippen LogP contribution in [0.15, 0.2) is 93.8 Å². The molecule has 0 radical (unpaired) electrons. The molecule has 0 bridgehead atoms. The Labute approximate surface area is 224 Å². The fourth-order valence-corrected chi connectivity index (χ4v) is 5.25. The van der Waals surface area contributed by atoms with E-state index in [0.717, 1.165) is 36.3 Å². The Balaban J connectivity index is 1.45. The van der Waals surface area contributed by atoms with Crippen LogP contribution in [0.25, 0.3) is 0 Å². The van der Waals surface area contributed by atoms with Gasteiger partial charge in [0, 0.05) is 15.4 Å². The Hall–Kier alpha value is -3.39. The van der Waals surface area contributed by atoms with Crippen LogP contribution in [0, 0.1) is 5.92 Å². The molecule has 1 aliphatic carbocycles. The van der Waals surface area contributed by atoms with Crippen LogP contribution in [0.5, 0.6) is 0 Å². The number of ketones is 1. The number of carbonyl (C=O) groups is 2. The second-order valence-electron chi connectivity index (χ2n) is 9.30. The summed E-state index contributed by atoms with van der Waals surface area (Å²) in [6.45, 7) is 0. The van der Waals surface area contributed by atoms with E-state index in [1.54, 1.807) is 54.6 Å². The molecule has 3 aromatic rings. The van der Waals surface area contributed by atoms with Crippen LogP contribution in [-0.2, 0) is 11.0 Å². The van der Waals surface area contributed by atoms with Crippen molar-refractivity contribution in [3.8, 4) is 0 Å². The number of hydrogen-bond donors (Lipinski definition) is 0. The minimum Gasteiger partial charge on any atom is -0.312 e. The lowest BCUT2D eigenvalue weighted by atomic mass is 9.85. The molecule has 0 atom stereocenters. The summed E-state index contributed by atoms with van der Waals surface area (Å²) in [5.74, 6) is -0.418. The summed E-state index contributed by atoms with van der Waals surface area (Å²) < 4.78 is 38.4. The summed E-state index contributed by atoms with van der Waals surface area (Å²) in [6, 6.07) is 20.2. The third kappa shape index (κ3) is 7.81. The highest BCUT2D eigenvalue weighted by Crippen LogP contribution is 2.33. The molecule has 0 aromatic heterocycles. The molecule has 0 aliphatic heterocycles. The molecule has 38 heavy (non-hydrogen) atoms. The summed E-state index contributed by atoms with van der Waals surface area (Å²) in [6.07, 6.45) is 2.70. The Bertz CT molecular complexity index is 1250. The molecule has 198 valence electrons. The highest BCUT2D eigenvalue weighted by molar-refractivity contribution is 7.99. The molecule has 4 nitrogen and oxygen atoms in total. The quantitative estimate of drug-likeness (QED) is 0.118. The number of hydrogen-bond acceptors (Lipinski definition) is 5. The molecule has 0 unspecified atom stereocenters. The molecule has 0 spiro atoms. The first-order valence-corrected chi connectivity index (χ1v) is 13.4. The Morgan fingerprint density at radius 1 is 0.816 bits per heavy atom. The van der Waals surface area contributed by atoms with E-state index in [4.69, 9.17) is 4.84 Å². The van der Waals surface area contributed by atoms with Crippen LogP contribution in [0.3, 0.4) is 0 Å². The van der Waals surface area contributed by atoms with Crippen molar-refractivity contribution in [3.63, 3.8) is 0 Å². The van der Waals surface area contributed by atoms with E-state index >= 15 is 0 Å². The lowest BCUT2D eigenvalue weighted by Gasteiger charge is -2.21. The van der Waals surface area contributed by atoms with Crippen molar-refractivity contribution in [2.24, 2.45) is 11.1 Å². The third-order valence-corrected chi connectivity index (χ3v) is 7.57. The van der Waals surface area contributed by atoms with E-state index in [1.807, 2.05) is 0 Å². The highest BCUT2D eigenvalue weighted by Gasteiger charge is 2.30. The second-order valence-corrected chi connectivity index (χ2v) is 10.5. The van der Waals surface area contributed by atoms with Gasteiger partial charge in [0.2, 0.25) is 5.78 Å². The van der Waals surface area contributed by atoms with Gasteiger partial charge >= 0.3 is 12.1 Å². The molecule has 1 saturated carbocycles. The van der Waals surface area contributed by atoms with Crippen molar-refractivity contribution in [1.29, 1.82) is 0 Å². The van der Waals surface area contributed by atoms with Crippen molar-refractivity contribution < 1.29 is 27.6 Å². The molecular weight excluding hydrogens is 511 g/mol. The summed E-state index contributed by atoms with van der Waals surface area (Å²) in [7, 11) is 0. The van der Waals surface area contributed by atoms with Crippen LogP contribution in [0.1, 0.15) is 71.2 Å². The van der Waals surface area contributed by atoms with Gasteiger partial charge in [-0.2, -0.15) is 13.2 Å². The molecule has 4 rings (SSSR count).